The van der Waals surface area contributed by atoms with Gasteiger partial charge in [-0.3, -0.25) is 0 Å². The molecule has 3 heterocycles. The first-order chi connectivity index (χ1) is 10.3. The van der Waals surface area contributed by atoms with Crippen molar-refractivity contribution in [2.45, 2.75) is 13.3 Å². The maximum Gasteiger partial charge on any atom is 0.323 e. The summed E-state index contributed by atoms with van der Waals surface area (Å²) < 4.78 is 1.66. The first-order valence-electron chi connectivity index (χ1n) is 6.67. The maximum absolute atomic E-state index is 11.6. The van der Waals surface area contributed by atoms with Gasteiger partial charge >= 0.3 is 5.69 Å². The van der Waals surface area contributed by atoms with Gasteiger partial charge < -0.3 is 9.97 Å². The van der Waals surface area contributed by atoms with Gasteiger partial charge in [0.15, 0.2) is 5.65 Å². The van der Waals surface area contributed by atoms with Gasteiger partial charge in [0, 0.05) is 11.1 Å². The van der Waals surface area contributed by atoms with Crippen LogP contribution in [0.2, 0.25) is 0 Å². The fourth-order valence-electron chi connectivity index (χ4n) is 2.53. The molecule has 0 aliphatic heterocycles. The zero-order valence-electron chi connectivity index (χ0n) is 11.3. The largest absolute Gasteiger partial charge is 0.323 e. The van der Waals surface area contributed by atoms with Crippen LogP contribution in [0.4, 0.5) is 0 Å². The molecule has 2 N–H and O–H groups in total. The molecule has 1 aromatic carbocycles. The van der Waals surface area contributed by atoms with Crippen LogP contribution in [0.1, 0.15) is 12.6 Å². The second kappa shape index (κ2) is 4.27. The van der Waals surface area contributed by atoms with E-state index in [4.69, 9.17) is 0 Å². The van der Waals surface area contributed by atoms with Crippen molar-refractivity contribution in [3.05, 3.63) is 46.8 Å². The van der Waals surface area contributed by atoms with E-state index in [9.17, 15) is 4.79 Å². The molecule has 0 saturated carbocycles. The van der Waals surface area contributed by atoms with Crippen molar-refractivity contribution in [1.29, 1.82) is 0 Å². The Kier molecular flexibility index (Phi) is 2.41. The molecule has 0 amide bonds. The van der Waals surface area contributed by atoms with E-state index in [1.807, 2.05) is 31.2 Å². The Morgan fingerprint density at radius 1 is 1.24 bits per heavy atom. The minimum absolute atomic E-state index is 0.222. The smallest absolute Gasteiger partial charge is 0.306 e. The van der Waals surface area contributed by atoms with Gasteiger partial charge in [-0.05, 0) is 18.6 Å². The van der Waals surface area contributed by atoms with Gasteiger partial charge in [-0.2, -0.15) is 9.61 Å². The molecular weight excluding hydrogens is 268 g/mol. The second-order valence-corrected chi connectivity index (χ2v) is 4.81. The number of hydrogen-bond donors (Lipinski definition) is 2. The number of benzene rings is 1. The molecule has 7 heteroatoms. The molecule has 0 atom stereocenters. The standard InChI is InChI=1S/C14H12N6O/c1-2-8-6-10(13-18-15-7-20(13)19-8)9-4-3-5-11-12(9)17-14(21)16-11/h3-7H,2H2,1H3,(H2,16,17,21). The number of rotatable bonds is 2. The lowest BCUT2D eigenvalue weighted by atomic mass is 10.0. The Balaban J connectivity index is 2.12. The van der Waals surface area contributed by atoms with E-state index in [1.54, 1.807) is 10.8 Å². The van der Waals surface area contributed by atoms with Crippen molar-refractivity contribution < 1.29 is 0 Å². The Hall–Kier alpha value is -2.96. The zero-order valence-corrected chi connectivity index (χ0v) is 11.3. The SMILES string of the molecule is CCc1cc(-c2cccc3[nH]c(=O)[nH]c23)c2nncn2n1. The van der Waals surface area contributed by atoms with Crippen LogP contribution in [0.5, 0.6) is 0 Å². The summed E-state index contributed by atoms with van der Waals surface area (Å²) in [6, 6.07) is 7.71. The normalized spacial score (nSPS) is 11.5. The van der Waals surface area contributed by atoms with Crippen molar-refractivity contribution >= 4 is 16.7 Å². The summed E-state index contributed by atoms with van der Waals surface area (Å²) in [6.45, 7) is 2.04. The van der Waals surface area contributed by atoms with Crippen LogP contribution < -0.4 is 5.69 Å². The summed E-state index contributed by atoms with van der Waals surface area (Å²) in [5.41, 5.74) is 4.72. The van der Waals surface area contributed by atoms with E-state index >= 15 is 0 Å². The molecule has 0 aliphatic rings. The molecule has 0 bridgehead atoms. The fourth-order valence-corrected chi connectivity index (χ4v) is 2.53. The van der Waals surface area contributed by atoms with Crippen LogP contribution in [-0.2, 0) is 6.42 Å². The second-order valence-electron chi connectivity index (χ2n) is 4.81. The molecule has 3 aromatic heterocycles. The van der Waals surface area contributed by atoms with Crippen LogP contribution in [0, 0.1) is 0 Å². The molecule has 104 valence electrons. The first-order valence-corrected chi connectivity index (χ1v) is 6.67. The molecule has 0 aliphatic carbocycles. The number of imidazole rings is 1. The summed E-state index contributed by atoms with van der Waals surface area (Å²) in [5.74, 6) is 0. The summed E-state index contributed by atoms with van der Waals surface area (Å²) in [5, 5.41) is 12.5. The van der Waals surface area contributed by atoms with Gasteiger partial charge in [-0.15, -0.1) is 10.2 Å². The van der Waals surface area contributed by atoms with Gasteiger partial charge in [-0.25, -0.2) is 4.79 Å². The number of H-pyrrole nitrogens is 2. The lowest BCUT2D eigenvalue weighted by molar-refractivity contribution is 0.858. The van der Waals surface area contributed by atoms with Gasteiger partial charge in [0.25, 0.3) is 0 Å². The van der Waals surface area contributed by atoms with Crippen LogP contribution in [0.3, 0.4) is 0 Å². The first kappa shape index (κ1) is 11.8. The number of aryl methyl sites for hydroxylation is 1. The highest BCUT2D eigenvalue weighted by Crippen LogP contribution is 2.28. The lowest BCUT2D eigenvalue weighted by Gasteiger charge is -2.06. The summed E-state index contributed by atoms with van der Waals surface area (Å²) in [7, 11) is 0. The van der Waals surface area contributed by atoms with Crippen LogP contribution >= 0.6 is 0 Å². The molecule has 0 fully saturated rings. The van der Waals surface area contributed by atoms with E-state index < -0.39 is 0 Å². The number of para-hydroxylation sites is 1. The van der Waals surface area contributed by atoms with E-state index in [0.29, 0.717) is 5.65 Å². The monoisotopic (exact) mass is 280 g/mol. The molecule has 0 saturated heterocycles. The van der Waals surface area contributed by atoms with E-state index in [0.717, 1.165) is 34.3 Å². The molecule has 4 aromatic rings. The number of hydrogen-bond acceptors (Lipinski definition) is 4. The molecular formula is C14H12N6O. The number of aromatic amines is 2. The van der Waals surface area contributed by atoms with Crippen molar-refractivity contribution in [1.82, 2.24) is 29.8 Å². The van der Waals surface area contributed by atoms with Crippen LogP contribution in [-0.4, -0.2) is 29.8 Å². The predicted molar refractivity (Wildman–Crippen MR) is 78.1 cm³/mol. The van der Waals surface area contributed by atoms with Gasteiger partial charge in [0.05, 0.1) is 16.7 Å². The molecule has 0 radical (unpaired) electrons. The van der Waals surface area contributed by atoms with Crippen molar-refractivity contribution in [2.24, 2.45) is 0 Å². The highest BCUT2D eigenvalue weighted by atomic mass is 16.1. The Labute approximate surface area is 118 Å². The third-order valence-corrected chi connectivity index (χ3v) is 3.52. The zero-order chi connectivity index (χ0) is 14.4. The molecule has 7 nitrogen and oxygen atoms in total. The molecule has 4 rings (SSSR count). The fraction of sp³-hybridized carbons (Fsp3) is 0.143. The Morgan fingerprint density at radius 3 is 3.00 bits per heavy atom. The quantitative estimate of drug-likeness (QED) is 0.582. The highest BCUT2D eigenvalue weighted by molar-refractivity contribution is 5.95. The average Bonchev–Trinajstić information content (AvgIpc) is 3.10. The topological polar surface area (TPSA) is 91.7 Å². The Bertz CT molecular complexity index is 1010. The van der Waals surface area contributed by atoms with Gasteiger partial charge in [-0.1, -0.05) is 19.1 Å². The van der Waals surface area contributed by atoms with Crippen molar-refractivity contribution in [3.63, 3.8) is 0 Å². The van der Waals surface area contributed by atoms with Crippen LogP contribution in [0.15, 0.2) is 35.4 Å². The molecule has 0 spiro atoms. The van der Waals surface area contributed by atoms with E-state index in [1.165, 1.54) is 0 Å². The Morgan fingerprint density at radius 2 is 2.14 bits per heavy atom. The number of fused-ring (bicyclic) bond motifs is 2. The van der Waals surface area contributed by atoms with Crippen molar-refractivity contribution in [3.8, 4) is 11.1 Å². The maximum atomic E-state index is 11.6. The van der Waals surface area contributed by atoms with Crippen molar-refractivity contribution in [2.75, 3.05) is 0 Å². The summed E-state index contributed by atoms with van der Waals surface area (Å²) >= 11 is 0. The molecule has 0 unspecified atom stereocenters. The summed E-state index contributed by atoms with van der Waals surface area (Å²) in [6.07, 6.45) is 2.39. The van der Waals surface area contributed by atoms with E-state index in [2.05, 4.69) is 25.3 Å². The minimum Gasteiger partial charge on any atom is -0.306 e. The van der Waals surface area contributed by atoms with Gasteiger partial charge in [0.1, 0.15) is 6.33 Å². The third-order valence-electron chi connectivity index (χ3n) is 3.52. The molecule has 21 heavy (non-hydrogen) atoms. The predicted octanol–water partition coefficient (Wildman–Crippen LogP) is 1.52. The average molecular weight is 280 g/mol. The highest BCUT2D eigenvalue weighted by Gasteiger charge is 2.13. The summed E-state index contributed by atoms with van der Waals surface area (Å²) in [4.78, 5) is 17.2. The number of aromatic nitrogens is 6. The number of nitrogens with zero attached hydrogens (tertiary/aromatic N) is 4. The number of nitrogens with one attached hydrogen (secondary N) is 2. The van der Waals surface area contributed by atoms with E-state index in [-0.39, 0.29) is 5.69 Å². The van der Waals surface area contributed by atoms with Gasteiger partial charge in [0.2, 0.25) is 0 Å². The minimum atomic E-state index is -0.222. The lowest BCUT2D eigenvalue weighted by Crippen LogP contribution is -2.00. The third kappa shape index (κ3) is 1.74. The van der Waals surface area contributed by atoms with Crippen LogP contribution in [0.25, 0.3) is 27.8 Å².